The Balaban J connectivity index is 4.28. The van der Waals surface area contributed by atoms with E-state index in [2.05, 4.69) is 26.2 Å². The molecule has 2 unspecified atom stereocenters. The quantitative estimate of drug-likeness (QED) is 0.0199. The molecule has 52 heavy (non-hydrogen) atoms. The normalized spacial score (nSPS) is 12.5. The minimum Gasteiger partial charge on any atom is -0.465 e. The van der Waals surface area contributed by atoms with E-state index < -0.39 is 27.6 Å². The topological polar surface area (TPSA) is 94.9 Å². The van der Waals surface area contributed by atoms with E-state index in [9.17, 15) is 14.9 Å². The molecule has 306 valence electrons. The van der Waals surface area contributed by atoms with Crippen LogP contribution in [0.2, 0.25) is 0 Å². The smallest absolute Gasteiger partial charge is 0.465 e. The molecule has 7 nitrogen and oxygen atoms in total. The Labute approximate surface area is 328 Å². The van der Waals surface area contributed by atoms with Crippen LogP contribution in [0, 0.1) is 10.7 Å². The van der Waals surface area contributed by atoms with Crippen molar-refractivity contribution in [2.24, 2.45) is 0 Å². The average molecular weight is 770 g/mol. The molecule has 0 saturated carbocycles. The summed E-state index contributed by atoms with van der Waals surface area (Å²) < 4.78 is 16.6. The first-order valence-corrected chi connectivity index (χ1v) is 24.5. The standard InChI is InChI=1S/C43H83NO6SSi/c1-5-8-10-12-14-16-18-20-22-24-26-28-30-32-34-37-42(45)48-52(50-47-40(4)41(36-7-3)51-39-44)49-43(46)38-35-33-31-29-27-25-23-21-19-17-15-13-11-9-6-2/h40-41,52H,5-38H2,1-4H3. The molecule has 0 radical (unpaired) electrons. The van der Waals surface area contributed by atoms with Crippen molar-refractivity contribution in [3.05, 3.63) is 0 Å². The lowest BCUT2D eigenvalue weighted by Crippen LogP contribution is -2.35. The van der Waals surface area contributed by atoms with Gasteiger partial charge in [-0.25, -0.2) is 9.46 Å². The van der Waals surface area contributed by atoms with E-state index in [4.69, 9.17) is 18.3 Å². The molecule has 2 atom stereocenters. The van der Waals surface area contributed by atoms with Crippen LogP contribution < -0.4 is 0 Å². The van der Waals surface area contributed by atoms with Crippen molar-refractivity contribution in [2.45, 2.75) is 257 Å². The Bertz CT molecular complexity index is 780. The zero-order valence-electron chi connectivity index (χ0n) is 34.6. The van der Waals surface area contributed by atoms with Gasteiger partial charge in [0.05, 0.1) is 0 Å². The molecule has 0 aromatic heterocycles. The first-order valence-electron chi connectivity index (χ1n) is 22.2. The third kappa shape index (κ3) is 35.9. The molecule has 0 bridgehead atoms. The van der Waals surface area contributed by atoms with E-state index >= 15 is 0 Å². The number of carbonyl (C=O) groups is 2. The van der Waals surface area contributed by atoms with Crippen molar-refractivity contribution in [2.75, 3.05) is 0 Å². The number of carbonyl (C=O) groups excluding carboxylic acids is 2. The highest BCUT2D eigenvalue weighted by atomic mass is 32.2. The molecule has 0 N–H and O–H groups in total. The molecule has 0 aromatic carbocycles. The maximum atomic E-state index is 12.7. The van der Waals surface area contributed by atoms with E-state index in [1.807, 2.05) is 6.92 Å². The highest BCUT2D eigenvalue weighted by Gasteiger charge is 2.29. The summed E-state index contributed by atoms with van der Waals surface area (Å²) in [4.78, 5) is 31.0. The molecule has 0 amide bonds. The highest BCUT2D eigenvalue weighted by Crippen LogP contribution is 2.22. The molecule has 0 fully saturated rings. The summed E-state index contributed by atoms with van der Waals surface area (Å²) in [5.74, 6) is -0.808. The maximum Gasteiger partial charge on any atom is 0.647 e. The van der Waals surface area contributed by atoms with Crippen molar-refractivity contribution in [1.82, 2.24) is 0 Å². The largest absolute Gasteiger partial charge is 0.647 e. The van der Waals surface area contributed by atoms with Gasteiger partial charge >= 0.3 is 9.53 Å². The first-order chi connectivity index (χ1) is 25.5. The lowest BCUT2D eigenvalue weighted by atomic mass is 10.0. The molecular formula is C43H83NO6SSi. The number of thioether (sulfide) groups is 1. The average Bonchev–Trinajstić information content (AvgIpc) is 3.13. The van der Waals surface area contributed by atoms with Gasteiger partial charge in [0.25, 0.3) is 11.9 Å². The minimum atomic E-state index is -3.19. The maximum absolute atomic E-state index is 12.7. The molecule has 0 aliphatic rings. The van der Waals surface area contributed by atoms with Gasteiger partial charge in [0.1, 0.15) is 11.5 Å². The van der Waals surface area contributed by atoms with Crippen molar-refractivity contribution in [3.63, 3.8) is 0 Å². The van der Waals surface area contributed by atoms with Gasteiger partial charge in [0.15, 0.2) is 0 Å². The van der Waals surface area contributed by atoms with E-state index in [1.54, 1.807) is 0 Å². The second-order valence-corrected chi connectivity index (χ2v) is 17.4. The second-order valence-electron chi connectivity index (χ2n) is 15.1. The van der Waals surface area contributed by atoms with Gasteiger partial charge in [-0.1, -0.05) is 207 Å². The fourth-order valence-electron chi connectivity index (χ4n) is 6.61. The molecule has 0 aliphatic carbocycles. The molecular weight excluding hydrogens is 687 g/mol. The van der Waals surface area contributed by atoms with Gasteiger partial charge in [-0.3, -0.25) is 9.59 Å². The molecule has 9 heteroatoms. The van der Waals surface area contributed by atoms with Crippen LogP contribution in [0.4, 0.5) is 0 Å². The Morgan fingerprint density at radius 2 is 0.827 bits per heavy atom. The minimum absolute atomic E-state index is 0.0864. The summed E-state index contributed by atoms with van der Waals surface area (Å²) in [6.07, 6.45) is 39.7. The van der Waals surface area contributed by atoms with Gasteiger partial charge in [-0.15, -0.1) is 0 Å². The number of nitrogens with zero attached hydrogens (tertiary/aromatic N) is 1. The zero-order valence-corrected chi connectivity index (χ0v) is 36.5. The van der Waals surface area contributed by atoms with Gasteiger partial charge < -0.3 is 8.85 Å². The van der Waals surface area contributed by atoms with Crippen LogP contribution in [-0.4, -0.2) is 32.8 Å². The Morgan fingerprint density at radius 1 is 0.519 bits per heavy atom. The van der Waals surface area contributed by atoms with Crippen LogP contribution in [0.5, 0.6) is 0 Å². The molecule has 0 aromatic rings. The van der Waals surface area contributed by atoms with E-state index in [1.165, 1.54) is 154 Å². The first kappa shape index (κ1) is 50.9. The lowest BCUT2D eigenvalue weighted by molar-refractivity contribution is -0.267. The van der Waals surface area contributed by atoms with Crippen LogP contribution in [0.3, 0.4) is 0 Å². The van der Waals surface area contributed by atoms with Crippen LogP contribution in [-0.2, 0) is 27.9 Å². The monoisotopic (exact) mass is 770 g/mol. The van der Waals surface area contributed by atoms with Gasteiger partial charge in [-0.2, -0.15) is 5.26 Å². The Hall–Kier alpha value is -1.08. The molecule has 0 rings (SSSR count). The Kier molecular flexibility index (Phi) is 40.2. The molecule has 0 spiro atoms. The second kappa shape index (κ2) is 41.1. The van der Waals surface area contributed by atoms with Crippen molar-refractivity contribution in [3.8, 4) is 5.40 Å². The number of nitriles is 1. The number of hydrogen-bond donors (Lipinski definition) is 0. The van der Waals surface area contributed by atoms with E-state index in [-0.39, 0.29) is 18.1 Å². The summed E-state index contributed by atoms with van der Waals surface area (Å²) in [5.41, 5.74) is 0. The van der Waals surface area contributed by atoms with Crippen LogP contribution in [0.15, 0.2) is 0 Å². The SMILES string of the molecule is CCCCCCCCCCCCCCCCCC(=O)O[SiH](OOC(C)C(CCC)SC#N)OC(=O)CCCCCCCCCCCCCCCCC. The number of hydrogen-bond acceptors (Lipinski definition) is 8. The summed E-state index contributed by atoms with van der Waals surface area (Å²) in [6.45, 7) is 8.41. The third-order valence-electron chi connectivity index (χ3n) is 10.0. The fraction of sp³-hybridized carbons (Fsp3) is 0.930. The lowest BCUT2D eigenvalue weighted by Gasteiger charge is -2.22. The predicted molar refractivity (Wildman–Crippen MR) is 222 cm³/mol. The van der Waals surface area contributed by atoms with E-state index in [0.29, 0.717) is 0 Å². The van der Waals surface area contributed by atoms with Gasteiger partial charge in [0, 0.05) is 18.1 Å². The van der Waals surface area contributed by atoms with Crippen LogP contribution in [0.25, 0.3) is 0 Å². The Morgan fingerprint density at radius 3 is 1.12 bits per heavy atom. The van der Waals surface area contributed by atoms with Crippen molar-refractivity contribution in [1.29, 1.82) is 5.26 Å². The van der Waals surface area contributed by atoms with Crippen molar-refractivity contribution >= 4 is 33.2 Å². The van der Waals surface area contributed by atoms with Crippen molar-refractivity contribution < 1.29 is 27.9 Å². The van der Waals surface area contributed by atoms with Gasteiger partial charge in [0.2, 0.25) is 0 Å². The molecule has 0 heterocycles. The summed E-state index contributed by atoms with van der Waals surface area (Å²) in [6, 6.07) is 0. The summed E-state index contributed by atoms with van der Waals surface area (Å²) in [5, 5.41) is 11.2. The van der Waals surface area contributed by atoms with Gasteiger partial charge in [-0.05, 0) is 37.9 Å². The number of unbranched alkanes of at least 4 members (excludes halogenated alkanes) is 28. The van der Waals surface area contributed by atoms with E-state index in [0.717, 1.165) is 63.1 Å². The van der Waals surface area contributed by atoms with Crippen LogP contribution in [0.1, 0.15) is 246 Å². The van der Waals surface area contributed by atoms with Crippen LogP contribution >= 0.6 is 11.8 Å². The predicted octanol–water partition coefficient (Wildman–Crippen LogP) is 14.0. The highest BCUT2D eigenvalue weighted by molar-refractivity contribution is 8.04. The summed E-state index contributed by atoms with van der Waals surface area (Å²) >= 11 is 1.14. The fourth-order valence-corrected chi connectivity index (χ4v) is 8.40. The number of rotatable bonds is 41. The summed E-state index contributed by atoms with van der Waals surface area (Å²) in [7, 11) is -3.19. The number of thiocyanates is 1. The molecule has 0 saturated heterocycles. The zero-order chi connectivity index (χ0) is 38.2. The molecule has 0 aliphatic heterocycles. The third-order valence-corrected chi connectivity index (χ3v) is 12.2.